The van der Waals surface area contributed by atoms with Crippen molar-refractivity contribution < 1.29 is 4.74 Å². The number of nitrogens with zero attached hydrogens (tertiary/aromatic N) is 1. The maximum absolute atomic E-state index is 5.49. The Morgan fingerprint density at radius 2 is 2.00 bits per heavy atom. The molecule has 0 saturated carbocycles. The molecule has 0 amide bonds. The van der Waals surface area contributed by atoms with Gasteiger partial charge in [-0.3, -0.25) is 4.99 Å². The van der Waals surface area contributed by atoms with Crippen LogP contribution in [-0.4, -0.2) is 12.8 Å². The summed E-state index contributed by atoms with van der Waals surface area (Å²) in [6.07, 6.45) is 12.9. The number of aryl methyl sites for hydroxylation is 1. The fourth-order valence-electron chi connectivity index (χ4n) is 4.79. The first kappa shape index (κ1) is 21.6. The van der Waals surface area contributed by atoms with E-state index in [1.165, 1.54) is 22.4 Å². The van der Waals surface area contributed by atoms with Crippen LogP contribution in [0.5, 0.6) is 5.75 Å². The standard InChI is InChI=1S/C29H25BrN2O/c1-3-15-33-28-14-8-20(17-26(28)30)18-31-22-11-9-21(10-12-22)29-24-6-4-5-23(24)25-16-19(2)7-13-27(25)32-29/h1,4-5,7-14,16-18,23-24,29,32H,6,15H2,2H3/t23-,24-,29+/m1/s1. The van der Waals surface area contributed by atoms with Crippen molar-refractivity contribution >= 4 is 33.5 Å². The molecule has 0 spiro atoms. The highest BCUT2D eigenvalue weighted by Gasteiger charge is 2.37. The maximum Gasteiger partial charge on any atom is 0.148 e. The molecule has 1 aliphatic heterocycles. The third-order valence-electron chi connectivity index (χ3n) is 6.40. The molecule has 1 aliphatic carbocycles. The molecule has 3 aromatic rings. The van der Waals surface area contributed by atoms with E-state index in [2.05, 4.69) is 93.7 Å². The van der Waals surface area contributed by atoms with E-state index in [9.17, 15) is 0 Å². The van der Waals surface area contributed by atoms with Crippen LogP contribution in [0, 0.1) is 25.2 Å². The van der Waals surface area contributed by atoms with Crippen LogP contribution in [0.15, 0.2) is 82.3 Å². The topological polar surface area (TPSA) is 33.6 Å². The van der Waals surface area contributed by atoms with Crippen molar-refractivity contribution in [2.24, 2.45) is 10.9 Å². The van der Waals surface area contributed by atoms with Crippen LogP contribution in [-0.2, 0) is 0 Å². The van der Waals surface area contributed by atoms with Crippen molar-refractivity contribution in [1.82, 2.24) is 0 Å². The summed E-state index contributed by atoms with van der Waals surface area (Å²) in [5.74, 6) is 4.23. The average molecular weight is 497 g/mol. The number of nitrogens with one attached hydrogen (secondary N) is 1. The minimum atomic E-state index is 0.247. The molecule has 0 fully saturated rings. The van der Waals surface area contributed by atoms with Crippen LogP contribution in [0.1, 0.15) is 40.6 Å². The molecule has 1 heterocycles. The maximum atomic E-state index is 5.49. The van der Waals surface area contributed by atoms with Gasteiger partial charge in [-0.15, -0.1) is 6.42 Å². The van der Waals surface area contributed by atoms with E-state index < -0.39 is 0 Å². The summed E-state index contributed by atoms with van der Waals surface area (Å²) in [6.45, 7) is 2.41. The summed E-state index contributed by atoms with van der Waals surface area (Å²) in [4.78, 5) is 4.66. The minimum absolute atomic E-state index is 0.247. The van der Waals surface area contributed by atoms with Crippen LogP contribution >= 0.6 is 15.9 Å². The second-order valence-electron chi connectivity index (χ2n) is 8.60. The Hall–Kier alpha value is -3.29. The largest absolute Gasteiger partial charge is 0.480 e. The lowest BCUT2D eigenvalue weighted by Crippen LogP contribution is -2.29. The number of benzene rings is 3. The Morgan fingerprint density at radius 1 is 1.15 bits per heavy atom. The predicted molar refractivity (Wildman–Crippen MR) is 140 cm³/mol. The van der Waals surface area contributed by atoms with Crippen LogP contribution in [0.3, 0.4) is 0 Å². The van der Waals surface area contributed by atoms with Crippen LogP contribution < -0.4 is 10.1 Å². The van der Waals surface area contributed by atoms with E-state index in [0.29, 0.717) is 17.9 Å². The van der Waals surface area contributed by atoms with E-state index in [0.717, 1.165) is 27.9 Å². The molecule has 0 radical (unpaired) electrons. The van der Waals surface area contributed by atoms with Crippen molar-refractivity contribution in [1.29, 1.82) is 0 Å². The molecular formula is C29H25BrN2O. The molecule has 2 aliphatic rings. The SMILES string of the molecule is C#CCOc1ccc(C=Nc2ccc([C@@H]3Nc4ccc(C)cc4[C@@H]4C=CC[C@H]43)cc2)cc1Br. The summed E-state index contributed by atoms with van der Waals surface area (Å²) in [5.41, 5.74) is 7.21. The summed E-state index contributed by atoms with van der Waals surface area (Å²) < 4.78 is 6.35. The van der Waals surface area contributed by atoms with Gasteiger partial charge in [-0.25, -0.2) is 0 Å². The number of halogens is 1. The molecule has 33 heavy (non-hydrogen) atoms. The van der Waals surface area contributed by atoms with Gasteiger partial charge in [-0.2, -0.15) is 0 Å². The van der Waals surface area contributed by atoms with E-state index in [1.54, 1.807) is 0 Å². The first-order valence-electron chi connectivity index (χ1n) is 11.2. The summed E-state index contributed by atoms with van der Waals surface area (Å²) >= 11 is 3.53. The van der Waals surface area contributed by atoms with Crippen molar-refractivity contribution in [3.8, 4) is 18.1 Å². The van der Waals surface area contributed by atoms with Gasteiger partial charge in [0, 0.05) is 17.8 Å². The van der Waals surface area contributed by atoms with Gasteiger partial charge in [0.25, 0.3) is 0 Å². The monoisotopic (exact) mass is 496 g/mol. The fraction of sp³-hybridized carbons (Fsp3) is 0.207. The van der Waals surface area contributed by atoms with Gasteiger partial charge < -0.3 is 10.1 Å². The molecule has 0 unspecified atom stereocenters. The van der Waals surface area contributed by atoms with E-state index in [4.69, 9.17) is 11.2 Å². The van der Waals surface area contributed by atoms with Gasteiger partial charge in [0.1, 0.15) is 12.4 Å². The number of hydrogen-bond acceptors (Lipinski definition) is 3. The molecule has 3 aromatic carbocycles. The summed E-state index contributed by atoms with van der Waals surface area (Å²) in [6, 6.07) is 21.5. The Kier molecular flexibility index (Phi) is 6.07. The number of rotatable bonds is 5. The Balaban J connectivity index is 1.32. The van der Waals surface area contributed by atoms with Crippen LogP contribution in [0.25, 0.3) is 0 Å². The first-order chi connectivity index (χ1) is 16.1. The zero-order valence-corrected chi connectivity index (χ0v) is 20.0. The quantitative estimate of drug-likeness (QED) is 0.227. The van der Waals surface area contributed by atoms with Gasteiger partial charge in [-0.1, -0.05) is 47.9 Å². The van der Waals surface area contributed by atoms with E-state index in [-0.39, 0.29) is 6.61 Å². The summed E-state index contributed by atoms with van der Waals surface area (Å²) in [5, 5.41) is 3.81. The second-order valence-corrected chi connectivity index (χ2v) is 9.45. The molecule has 164 valence electrons. The van der Waals surface area contributed by atoms with Gasteiger partial charge in [0.15, 0.2) is 0 Å². The van der Waals surface area contributed by atoms with Crippen molar-refractivity contribution in [2.75, 3.05) is 11.9 Å². The zero-order valence-electron chi connectivity index (χ0n) is 18.5. The van der Waals surface area contributed by atoms with Gasteiger partial charge in [0.05, 0.1) is 16.2 Å². The lowest BCUT2D eigenvalue weighted by molar-refractivity contribution is 0.368. The van der Waals surface area contributed by atoms with E-state index >= 15 is 0 Å². The smallest absolute Gasteiger partial charge is 0.148 e. The average Bonchev–Trinajstić information content (AvgIpc) is 3.33. The molecular weight excluding hydrogens is 472 g/mol. The molecule has 1 N–H and O–H groups in total. The predicted octanol–water partition coefficient (Wildman–Crippen LogP) is 7.35. The van der Waals surface area contributed by atoms with Crippen LogP contribution in [0.2, 0.25) is 0 Å². The molecule has 0 aromatic heterocycles. The lowest BCUT2D eigenvalue weighted by atomic mass is 9.76. The fourth-order valence-corrected chi connectivity index (χ4v) is 5.31. The number of hydrogen-bond donors (Lipinski definition) is 1. The number of terminal acetylenes is 1. The number of allylic oxidation sites excluding steroid dienone is 2. The van der Waals surface area contributed by atoms with Gasteiger partial charge in [0.2, 0.25) is 0 Å². The van der Waals surface area contributed by atoms with Crippen LogP contribution in [0.4, 0.5) is 11.4 Å². The van der Waals surface area contributed by atoms with E-state index in [1.807, 2.05) is 24.4 Å². The van der Waals surface area contributed by atoms with Crippen molar-refractivity contribution in [3.63, 3.8) is 0 Å². The molecule has 3 atom stereocenters. The molecule has 4 heteroatoms. The Morgan fingerprint density at radius 3 is 2.79 bits per heavy atom. The number of fused-ring (bicyclic) bond motifs is 3. The molecule has 3 nitrogen and oxygen atoms in total. The summed E-state index contributed by atoms with van der Waals surface area (Å²) in [7, 11) is 0. The third-order valence-corrected chi connectivity index (χ3v) is 7.02. The van der Waals surface area contributed by atoms with Crippen molar-refractivity contribution in [3.05, 3.63) is 99.5 Å². The van der Waals surface area contributed by atoms with Gasteiger partial charge >= 0.3 is 0 Å². The zero-order chi connectivity index (χ0) is 22.8. The Labute approximate surface area is 203 Å². The Bertz CT molecular complexity index is 1270. The normalized spacial score (nSPS) is 20.7. The minimum Gasteiger partial charge on any atom is -0.480 e. The van der Waals surface area contributed by atoms with Crippen molar-refractivity contribution in [2.45, 2.75) is 25.3 Å². The molecule has 0 saturated heterocycles. The number of aliphatic imine (C=N–C) groups is 1. The highest BCUT2D eigenvalue weighted by molar-refractivity contribution is 9.10. The molecule has 5 rings (SSSR count). The lowest BCUT2D eigenvalue weighted by Gasteiger charge is -2.37. The highest BCUT2D eigenvalue weighted by Crippen LogP contribution is 2.50. The number of ether oxygens (including phenoxy) is 1. The third kappa shape index (κ3) is 4.47. The number of anilines is 1. The molecule has 0 bridgehead atoms. The first-order valence-corrected chi connectivity index (χ1v) is 12.0. The van der Waals surface area contributed by atoms with Gasteiger partial charge in [-0.05, 0) is 88.3 Å². The second kappa shape index (κ2) is 9.29. The highest BCUT2D eigenvalue weighted by atomic mass is 79.9.